The van der Waals surface area contributed by atoms with E-state index in [1.807, 2.05) is 27.3 Å². The Morgan fingerprint density at radius 1 is 1.08 bits per heavy atom. The summed E-state index contributed by atoms with van der Waals surface area (Å²) in [7, 11) is 0. The topological polar surface area (TPSA) is 146 Å². The number of likely N-dealkylation sites (tertiary alicyclic amines) is 1. The van der Waals surface area contributed by atoms with Crippen molar-refractivity contribution in [1.29, 1.82) is 0 Å². The second kappa shape index (κ2) is 21.6. The van der Waals surface area contributed by atoms with Gasteiger partial charge >= 0.3 is 0 Å². The van der Waals surface area contributed by atoms with Crippen LogP contribution in [0.3, 0.4) is 0 Å². The number of phenols is 1. The van der Waals surface area contributed by atoms with Gasteiger partial charge in [0.2, 0.25) is 5.91 Å². The van der Waals surface area contributed by atoms with Crippen molar-refractivity contribution in [1.82, 2.24) is 25.0 Å². The zero-order valence-electron chi connectivity index (χ0n) is 35.7. The molecule has 2 saturated heterocycles. The number of carbonyl (C=O) groups excluding carboxylic acids is 3. The van der Waals surface area contributed by atoms with Gasteiger partial charge < -0.3 is 39.8 Å². The van der Waals surface area contributed by atoms with E-state index < -0.39 is 5.60 Å². The Hall–Kier alpha value is -4.15. The molecule has 1 aromatic heterocycles. The van der Waals surface area contributed by atoms with Gasteiger partial charge in [-0.2, -0.15) is 0 Å². The van der Waals surface area contributed by atoms with Gasteiger partial charge in [-0.1, -0.05) is 57.9 Å². The second-order valence-corrected chi connectivity index (χ2v) is 17.5. The number of aromatic nitrogens is 1. The van der Waals surface area contributed by atoms with E-state index in [1.165, 1.54) is 11.3 Å². The summed E-state index contributed by atoms with van der Waals surface area (Å²) in [5.74, 6) is 0.247. The molecule has 0 bridgehead atoms. The third-order valence-corrected chi connectivity index (χ3v) is 13.0. The maximum atomic E-state index is 15.8. The van der Waals surface area contributed by atoms with Crippen LogP contribution in [0.2, 0.25) is 0 Å². The van der Waals surface area contributed by atoms with Crippen LogP contribution >= 0.6 is 11.3 Å². The lowest BCUT2D eigenvalue weighted by Crippen LogP contribution is -2.58. The molecule has 4 heterocycles. The number of thiazole rings is 1. The first-order chi connectivity index (χ1) is 29.0. The van der Waals surface area contributed by atoms with Crippen LogP contribution in [0.25, 0.3) is 0 Å². The number of hydrogen-bond donors (Lipinski definition) is 3. The summed E-state index contributed by atoms with van der Waals surface area (Å²) in [6.45, 7) is 14.3. The first-order valence-corrected chi connectivity index (χ1v) is 22.6. The number of hydrogen-bond acceptors (Lipinski definition) is 11. The number of nitrogens with zero attached hydrogens (tertiary/aromatic N) is 4. The molecule has 3 N–H and O–H groups in total. The van der Waals surface area contributed by atoms with Gasteiger partial charge in [-0.25, -0.2) is 9.37 Å². The number of unbranched alkanes of at least 4 members (excludes halogenated alkanes) is 1. The van der Waals surface area contributed by atoms with Crippen LogP contribution in [0, 0.1) is 5.82 Å². The van der Waals surface area contributed by atoms with Gasteiger partial charge in [-0.05, 0) is 62.8 Å². The zero-order valence-corrected chi connectivity index (χ0v) is 36.5. The largest absolute Gasteiger partial charge is 0.506 e. The number of aromatic hydroxyl groups is 1. The highest BCUT2D eigenvalue weighted by Gasteiger charge is 2.41. The lowest BCUT2D eigenvalue weighted by molar-refractivity contribution is -0.134. The van der Waals surface area contributed by atoms with Crippen molar-refractivity contribution in [2.24, 2.45) is 0 Å². The lowest BCUT2D eigenvalue weighted by Gasteiger charge is -2.47. The molecule has 15 heteroatoms. The lowest BCUT2D eigenvalue weighted by atomic mass is 9.89. The number of benzene rings is 2. The Labute approximate surface area is 358 Å². The van der Waals surface area contributed by atoms with Crippen LogP contribution in [0.1, 0.15) is 104 Å². The molecule has 0 aliphatic carbocycles. The minimum absolute atomic E-state index is 0.0267. The number of nitrogens with one attached hydrogen (secondary N) is 2. The Kier molecular flexibility index (Phi) is 16.3. The van der Waals surface area contributed by atoms with E-state index in [0.717, 1.165) is 55.8 Å². The first-order valence-electron chi connectivity index (χ1n) is 21.7. The minimum atomic E-state index is -0.392. The molecule has 0 saturated carbocycles. The maximum Gasteiger partial charge on any atom is 0.273 e. The molecule has 2 aromatic carbocycles. The third kappa shape index (κ3) is 11.8. The summed E-state index contributed by atoms with van der Waals surface area (Å²) in [6, 6.07) is 8.98. The molecule has 3 aliphatic heterocycles. The van der Waals surface area contributed by atoms with Crippen molar-refractivity contribution >= 4 is 34.7 Å². The maximum absolute atomic E-state index is 15.8. The summed E-state index contributed by atoms with van der Waals surface area (Å²) < 4.78 is 33.6. The van der Waals surface area contributed by atoms with Crippen molar-refractivity contribution in [3.63, 3.8) is 0 Å². The summed E-state index contributed by atoms with van der Waals surface area (Å²) in [5, 5.41) is 19.1. The van der Waals surface area contributed by atoms with Crippen LogP contribution in [-0.2, 0) is 38.4 Å². The van der Waals surface area contributed by atoms with E-state index in [9.17, 15) is 19.5 Å². The van der Waals surface area contributed by atoms with Gasteiger partial charge in [-0.15, -0.1) is 11.3 Å². The Balaban J connectivity index is 0.914. The molecule has 1 atom stereocenters. The fourth-order valence-corrected chi connectivity index (χ4v) is 9.04. The second-order valence-electron chi connectivity index (χ2n) is 16.6. The third-order valence-electron chi connectivity index (χ3n) is 11.8. The molecule has 60 heavy (non-hydrogen) atoms. The van der Waals surface area contributed by atoms with Gasteiger partial charge in [-0.3, -0.25) is 19.3 Å². The summed E-state index contributed by atoms with van der Waals surface area (Å²) in [6.07, 6.45) is 5.82. The van der Waals surface area contributed by atoms with Crippen molar-refractivity contribution in [2.75, 3.05) is 77.6 Å². The fraction of sp³-hybridized carbons (Fsp3) is 0.600. The van der Waals surface area contributed by atoms with E-state index in [-0.39, 0.29) is 60.9 Å². The molecule has 1 spiro atoms. The average molecular weight is 851 g/mol. The molecule has 13 nitrogen and oxygen atoms in total. The minimum Gasteiger partial charge on any atom is -0.506 e. The number of amides is 3. The smallest absolute Gasteiger partial charge is 0.273 e. The monoisotopic (exact) mass is 850 g/mol. The number of carbonyl (C=O) groups is 3. The number of halogens is 1. The highest BCUT2D eigenvalue weighted by atomic mass is 32.1. The van der Waals surface area contributed by atoms with E-state index in [2.05, 4.69) is 48.2 Å². The fourth-order valence-electron chi connectivity index (χ4n) is 8.23. The van der Waals surface area contributed by atoms with Crippen LogP contribution < -0.4 is 15.4 Å². The van der Waals surface area contributed by atoms with Gasteiger partial charge in [0.15, 0.2) is 12.4 Å². The molecular weight excluding hydrogens is 788 g/mol. The van der Waals surface area contributed by atoms with Gasteiger partial charge in [0, 0.05) is 62.2 Å². The average Bonchev–Trinajstić information content (AvgIpc) is 3.75. The van der Waals surface area contributed by atoms with Crippen molar-refractivity contribution in [2.45, 2.75) is 103 Å². The summed E-state index contributed by atoms with van der Waals surface area (Å²) in [5.41, 5.74) is 2.56. The standard InChI is InChI=1S/C45H63FN6O7S/c1-5-6-8-32(4)52(22-19-47-18-13-34-11-12-37(53)41-42(34)58-28-38(54)49-41)39(55)15-25-57-24-14-33-9-7-10-35(40(33)46)27-50-20-16-45(17-21-50)30-51(23-26-59-45)44(56)36-29-60-43(48-36)31(2)3/h7,9-12,29,31-32,47,53H,5-6,8,13-28,30H2,1-4H3,(H,49,54)/t32-/m1/s1. The number of ether oxygens (including phenoxy) is 3. The molecular formula is C45H63FN6O7S. The number of rotatable bonds is 20. The molecule has 6 rings (SSSR count). The number of morpholine rings is 1. The van der Waals surface area contributed by atoms with E-state index >= 15 is 4.39 Å². The molecule has 3 aromatic rings. The molecule has 0 radical (unpaired) electrons. The quantitative estimate of drug-likeness (QED) is 0.0896. The van der Waals surface area contributed by atoms with E-state index in [4.69, 9.17) is 14.2 Å². The number of anilines is 1. The van der Waals surface area contributed by atoms with Crippen molar-refractivity contribution < 1.29 is 38.1 Å². The Morgan fingerprint density at radius 2 is 1.88 bits per heavy atom. The van der Waals surface area contributed by atoms with Crippen LogP contribution in [-0.4, -0.2) is 126 Å². The molecule has 3 aliphatic rings. The van der Waals surface area contributed by atoms with Crippen LogP contribution in [0.15, 0.2) is 35.7 Å². The zero-order chi connectivity index (χ0) is 42.6. The van der Waals surface area contributed by atoms with Crippen LogP contribution in [0.5, 0.6) is 11.5 Å². The molecule has 328 valence electrons. The summed E-state index contributed by atoms with van der Waals surface area (Å²) >= 11 is 1.53. The Bertz CT molecular complexity index is 1920. The highest BCUT2D eigenvalue weighted by Crippen LogP contribution is 2.39. The van der Waals surface area contributed by atoms with Crippen LogP contribution in [0.4, 0.5) is 10.1 Å². The first kappa shape index (κ1) is 45.4. The SMILES string of the molecule is CCCC[C@@H](C)N(CCNCCc1ccc(O)c2c1OCC(=O)N2)C(=O)CCOCCc1cccc(CN2CCC3(CC2)CN(C(=O)c2csc(C(C)C)n2)CCO3)c1F. The molecule has 3 amide bonds. The van der Waals surface area contributed by atoms with E-state index in [1.54, 1.807) is 18.2 Å². The predicted octanol–water partition coefficient (Wildman–Crippen LogP) is 6.14. The summed E-state index contributed by atoms with van der Waals surface area (Å²) in [4.78, 5) is 49.1. The number of piperidine rings is 1. The Morgan fingerprint density at radius 3 is 2.65 bits per heavy atom. The van der Waals surface area contributed by atoms with Gasteiger partial charge in [0.1, 0.15) is 22.9 Å². The van der Waals surface area contributed by atoms with E-state index in [0.29, 0.717) is 93.6 Å². The molecule has 2 fully saturated rings. The van der Waals surface area contributed by atoms with Gasteiger partial charge in [0.05, 0.1) is 43.4 Å². The normalized spacial score (nSPS) is 17.0. The van der Waals surface area contributed by atoms with Crippen molar-refractivity contribution in [3.05, 3.63) is 68.9 Å². The van der Waals surface area contributed by atoms with Crippen molar-refractivity contribution in [3.8, 4) is 11.5 Å². The van der Waals surface area contributed by atoms with Gasteiger partial charge in [0.25, 0.3) is 11.8 Å². The molecule has 0 unspecified atom stereocenters. The number of phenolic OH excluding ortho intramolecular Hbond substituents is 1. The number of fused-ring (bicyclic) bond motifs is 1. The predicted molar refractivity (Wildman–Crippen MR) is 230 cm³/mol. The highest BCUT2D eigenvalue weighted by molar-refractivity contribution is 7.09.